The third-order valence-corrected chi connectivity index (χ3v) is 4.11. The van der Waals surface area contributed by atoms with Gasteiger partial charge in [0, 0.05) is 11.5 Å². The average molecular weight is 265 g/mol. The first kappa shape index (κ1) is 14.0. The molecule has 19 heavy (non-hydrogen) atoms. The number of carbonyl (C=O) groups is 1. The Balaban J connectivity index is 2.15. The summed E-state index contributed by atoms with van der Waals surface area (Å²) in [5.41, 5.74) is 0.630. The molecule has 1 aromatic carbocycles. The molecular formula is C15H20FNO2. The van der Waals surface area contributed by atoms with E-state index in [-0.39, 0.29) is 23.6 Å². The van der Waals surface area contributed by atoms with E-state index in [0.29, 0.717) is 0 Å². The first-order chi connectivity index (χ1) is 8.96. The molecule has 0 saturated heterocycles. The molecule has 1 aliphatic rings. The monoisotopic (exact) mass is 265 g/mol. The summed E-state index contributed by atoms with van der Waals surface area (Å²) in [4.78, 5) is 12.1. The first-order valence-electron chi connectivity index (χ1n) is 6.64. The Labute approximate surface area is 112 Å². The number of rotatable bonds is 3. The standard InChI is InChI=1S/C15H20FNO2/c1-10-5-6-12(16)11(8-10)14(19)17-13-4-3-7-15(13,2)9-18/h5-6,8,13,18H,3-4,7,9H2,1-2H3,(H,17,19). The van der Waals surface area contributed by atoms with Crippen molar-refractivity contribution >= 4 is 5.91 Å². The minimum absolute atomic E-state index is 0.0360. The molecular weight excluding hydrogens is 245 g/mol. The van der Waals surface area contributed by atoms with E-state index in [1.54, 1.807) is 12.1 Å². The Kier molecular flexibility index (Phi) is 3.90. The second-order valence-electron chi connectivity index (χ2n) is 5.71. The molecule has 1 saturated carbocycles. The molecule has 0 bridgehead atoms. The van der Waals surface area contributed by atoms with E-state index in [9.17, 15) is 14.3 Å². The predicted molar refractivity (Wildman–Crippen MR) is 71.4 cm³/mol. The first-order valence-corrected chi connectivity index (χ1v) is 6.64. The van der Waals surface area contributed by atoms with Gasteiger partial charge >= 0.3 is 0 Å². The molecule has 0 heterocycles. The van der Waals surface area contributed by atoms with Gasteiger partial charge in [-0.25, -0.2) is 4.39 Å². The van der Waals surface area contributed by atoms with Gasteiger partial charge in [0.25, 0.3) is 5.91 Å². The second kappa shape index (κ2) is 5.29. The van der Waals surface area contributed by atoms with Gasteiger partial charge in [0.1, 0.15) is 5.82 Å². The van der Waals surface area contributed by atoms with Gasteiger partial charge in [0.2, 0.25) is 0 Å². The molecule has 1 aromatic rings. The molecule has 0 aliphatic heterocycles. The molecule has 4 heteroatoms. The molecule has 1 fully saturated rings. The van der Waals surface area contributed by atoms with E-state index < -0.39 is 11.7 Å². The van der Waals surface area contributed by atoms with Gasteiger partial charge in [-0.05, 0) is 31.9 Å². The third kappa shape index (κ3) is 2.78. The molecule has 2 atom stereocenters. The van der Waals surface area contributed by atoms with E-state index in [2.05, 4.69) is 5.32 Å². The minimum atomic E-state index is -0.508. The van der Waals surface area contributed by atoms with Gasteiger partial charge in [-0.15, -0.1) is 0 Å². The molecule has 0 aromatic heterocycles. The van der Waals surface area contributed by atoms with Crippen molar-refractivity contribution in [1.82, 2.24) is 5.32 Å². The van der Waals surface area contributed by atoms with E-state index >= 15 is 0 Å². The highest BCUT2D eigenvalue weighted by Gasteiger charge is 2.39. The van der Waals surface area contributed by atoms with Crippen LogP contribution in [-0.2, 0) is 0 Å². The summed E-state index contributed by atoms with van der Waals surface area (Å²) < 4.78 is 13.7. The minimum Gasteiger partial charge on any atom is -0.396 e. The van der Waals surface area contributed by atoms with Crippen molar-refractivity contribution in [3.63, 3.8) is 0 Å². The average Bonchev–Trinajstić information content (AvgIpc) is 2.74. The van der Waals surface area contributed by atoms with E-state index in [1.165, 1.54) is 6.07 Å². The van der Waals surface area contributed by atoms with Gasteiger partial charge in [0.15, 0.2) is 0 Å². The third-order valence-electron chi connectivity index (χ3n) is 4.11. The molecule has 2 rings (SSSR count). The lowest BCUT2D eigenvalue weighted by Crippen LogP contribution is -2.45. The number of aryl methyl sites for hydroxylation is 1. The van der Waals surface area contributed by atoms with Crippen LogP contribution in [0.4, 0.5) is 4.39 Å². The van der Waals surface area contributed by atoms with E-state index in [4.69, 9.17) is 0 Å². The lowest BCUT2D eigenvalue weighted by Gasteiger charge is -2.30. The fraction of sp³-hybridized carbons (Fsp3) is 0.533. The van der Waals surface area contributed by atoms with Crippen molar-refractivity contribution in [1.29, 1.82) is 0 Å². The van der Waals surface area contributed by atoms with Crippen molar-refractivity contribution in [2.75, 3.05) is 6.61 Å². The van der Waals surface area contributed by atoms with Crippen LogP contribution in [0.25, 0.3) is 0 Å². The number of halogens is 1. The number of aliphatic hydroxyl groups excluding tert-OH is 1. The van der Waals surface area contributed by atoms with Crippen LogP contribution in [0, 0.1) is 18.2 Å². The van der Waals surface area contributed by atoms with Crippen LogP contribution in [0.15, 0.2) is 18.2 Å². The summed E-state index contributed by atoms with van der Waals surface area (Å²) in [6.45, 7) is 3.81. The van der Waals surface area contributed by atoms with Crippen molar-refractivity contribution in [3.8, 4) is 0 Å². The summed E-state index contributed by atoms with van der Waals surface area (Å²) in [6, 6.07) is 4.41. The van der Waals surface area contributed by atoms with Gasteiger partial charge < -0.3 is 10.4 Å². The number of benzene rings is 1. The maximum atomic E-state index is 13.7. The van der Waals surface area contributed by atoms with Crippen molar-refractivity contribution < 1.29 is 14.3 Å². The molecule has 1 aliphatic carbocycles. The number of hydrogen-bond acceptors (Lipinski definition) is 2. The number of aliphatic hydroxyl groups is 1. The maximum Gasteiger partial charge on any atom is 0.254 e. The molecule has 104 valence electrons. The summed E-state index contributed by atoms with van der Waals surface area (Å²) in [5, 5.41) is 12.3. The van der Waals surface area contributed by atoms with Crippen molar-refractivity contribution in [3.05, 3.63) is 35.1 Å². The quantitative estimate of drug-likeness (QED) is 0.881. The number of carbonyl (C=O) groups excluding carboxylic acids is 1. The highest BCUT2D eigenvalue weighted by molar-refractivity contribution is 5.94. The Hall–Kier alpha value is -1.42. The SMILES string of the molecule is Cc1ccc(F)c(C(=O)NC2CCCC2(C)CO)c1. The summed E-state index contributed by atoms with van der Waals surface area (Å²) >= 11 is 0. The van der Waals surface area contributed by atoms with Crippen molar-refractivity contribution in [2.24, 2.45) is 5.41 Å². The zero-order valence-electron chi connectivity index (χ0n) is 11.4. The van der Waals surface area contributed by atoms with E-state index in [1.807, 2.05) is 13.8 Å². The van der Waals surface area contributed by atoms with Crippen molar-refractivity contribution in [2.45, 2.75) is 39.2 Å². The summed E-state index contributed by atoms with van der Waals surface area (Å²) in [5.74, 6) is -0.903. The van der Waals surface area contributed by atoms with Gasteiger partial charge in [-0.3, -0.25) is 4.79 Å². The van der Waals surface area contributed by atoms with Crippen LogP contribution in [0.2, 0.25) is 0 Å². The zero-order valence-corrected chi connectivity index (χ0v) is 11.4. The van der Waals surface area contributed by atoms with Crippen LogP contribution in [0.3, 0.4) is 0 Å². The fourth-order valence-corrected chi connectivity index (χ4v) is 2.72. The Morgan fingerprint density at radius 2 is 2.32 bits per heavy atom. The molecule has 1 amide bonds. The molecule has 3 nitrogen and oxygen atoms in total. The highest BCUT2D eigenvalue weighted by atomic mass is 19.1. The van der Waals surface area contributed by atoms with Gasteiger partial charge in [-0.2, -0.15) is 0 Å². The summed E-state index contributed by atoms with van der Waals surface area (Å²) in [6.07, 6.45) is 2.68. The lowest BCUT2D eigenvalue weighted by molar-refractivity contribution is 0.0827. The second-order valence-corrected chi connectivity index (χ2v) is 5.71. The van der Waals surface area contributed by atoms with Gasteiger partial charge in [-0.1, -0.05) is 25.0 Å². The molecule has 2 unspecified atom stereocenters. The largest absolute Gasteiger partial charge is 0.396 e. The molecule has 0 radical (unpaired) electrons. The Morgan fingerprint density at radius 3 is 3.00 bits per heavy atom. The van der Waals surface area contributed by atoms with Crippen LogP contribution >= 0.6 is 0 Å². The molecule has 2 N–H and O–H groups in total. The molecule has 0 spiro atoms. The number of amides is 1. The van der Waals surface area contributed by atoms with E-state index in [0.717, 1.165) is 24.8 Å². The fourth-order valence-electron chi connectivity index (χ4n) is 2.72. The van der Waals surface area contributed by atoms with Gasteiger partial charge in [0.05, 0.1) is 12.2 Å². The van der Waals surface area contributed by atoms with Crippen LogP contribution in [0.1, 0.15) is 42.1 Å². The zero-order chi connectivity index (χ0) is 14.0. The number of hydrogen-bond donors (Lipinski definition) is 2. The smallest absolute Gasteiger partial charge is 0.254 e. The lowest BCUT2D eigenvalue weighted by atomic mass is 9.85. The highest BCUT2D eigenvalue weighted by Crippen LogP contribution is 2.37. The van der Waals surface area contributed by atoms with Crippen LogP contribution in [0.5, 0.6) is 0 Å². The summed E-state index contributed by atoms with van der Waals surface area (Å²) in [7, 11) is 0. The normalized spacial score (nSPS) is 26.4. The van der Waals surface area contributed by atoms with Crippen LogP contribution < -0.4 is 5.32 Å². The maximum absolute atomic E-state index is 13.7. The Bertz CT molecular complexity index is 489. The number of nitrogens with one attached hydrogen (secondary N) is 1. The Morgan fingerprint density at radius 1 is 1.58 bits per heavy atom. The topological polar surface area (TPSA) is 49.3 Å². The van der Waals surface area contributed by atoms with Crippen LogP contribution in [-0.4, -0.2) is 23.7 Å². The predicted octanol–water partition coefficient (Wildman–Crippen LogP) is 2.42.